The highest BCUT2D eigenvalue weighted by molar-refractivity contribution is 5.78. The predicted molar refractivity (Wildman–Crippen MR) is 83.6 cm³/mol. The normalized spacial score (nSPS) is 11.8. The molecule has 0 saturated heterocycles. The lowest BCUT2D eigenvalue weighted by atomic mass is 10.1. The second-order valence-electron chi connectivity index (χ2n) is 5.08. The van der Waals surface area contributed by atoms with Crippen LogP contribution in [0.5, 0.6) is 5.75 Å². The van der Waals surface area contributed by atoms with Gasteiger partial charge in [0.25, 0.3) is 0 Å². The summed E-state index contributed by atoms with van der Waals surface area (Å²) in [6, 6.07) is 10.9. The van der Waals surface area contributed by atoms with Crippen molar-refractivity contribution in [2.45, 2.75) is 19.4 Å². The van der Waals surface area contributed by atoms with E-state index in [-0.39, 0.29) is 18.9 Å². The number of amides is 1. The van der Waals surface area contributed by atoms with Gasteiger partial charge in [-0.15, -0.1) is 0 Å². The summed E-state index contributed by atoms with van der Waals surface area (Å²) in [6.07, 6.45) is 1.17. The Labute approximate surface area is 130 Å². The number of rotatable bonds is 6. The molecule has 0 aliphatic heterocycles. The van der Waals surface area contributed by atoms with Crippen molar-refractivity contribution in [1.29, 1.82) is 0 Å². The topological polar surface area (TPSA) is 71.5 Å². The third-order valence-electron chi connectivity index (χ3n) is 3.31. The summed E-state index contributed by atoms with van der Waals surface area (Å²) in [5.74, 6) is 0.529. The third kappa shape index (κ3) is 4.56. The molecular weight excluding hydrogens is 280 g/mol. The van der Waals surface area contributed by atoms with Gasteiger partial charge in [0.2, 0.25) is 5.91 Å². The standard InChI is InChI=1S/C17H20N2O3/c1-12-6-7-13(10-18-12)8-17(21)19-11-16(20)14-4-3-5-15(9-14)22-2/h3-7,9-10,16,20H,8,11H2,1-2H3,(H,19,21). The van der Waals surface area contributed by atoms with Crippen LogP contribution < -0.4 is 10.1 Å². The average Bonchev–Trinajstić information content (AvgIpc) is 2.55. The molecule has 0 spiro atoms. The first kappa shape index (κ1) is 16.0. The van der Waals surface area contributed by atoms with Crippen molar-refractivity contribution in [2.24, 2.45) is 0 Å². The summed E-state index contributed by atoms with van der Waals surface area (Å²) >= 11 is 0. The molecule has 0 aliphatic carbocycles. The zero-order valence-electron chi connectivity index (χ0n) is 12.7. The van der Waals surface area contributed by atoms with Gasteiger partial charge in [0.1, 0.15) is 5.75 Å². The first-order valence-electron chi connectivity index (χ1n) is 7.08. The molecule has 1 amide bonds. The molecule has 0 bridgehead atoms. The number of aromatic nitrogens is 1. The van der Waals surface area contributed by atoms with Crippen molar-refractivity contribution in [2.75, 3.05) is 13.7 Å². The third-order valence-corrected chi connectivity index (χ3v) is 3.31. The fraction of sp³-hybridized carbons (Fsp3) is 0.294. The minimum absolute atomic E-state index is 0.146. The molecule has 2 rings (SSSR count). The molecule has 116 valence electrons. The Morgan fingerprint density at radius 2 is 2.18 bits per heavy atom. The van der Waals surface area contributed by atoms with Crippen LogP contribution in [0.3, 0.4) is 0 Å². The lowest BCUT2D eigenvalue weighted by molar-refractivity contribution is -0.120. The molecule has 0 radical (unpaired) electrons. The van der Waals surface area contributed by atoms with Crippen molar-refractivity contribution in [3.63, 3.8) is 0 Å². The first-order valence-corrected chi connectivity index (χ1v) is 7.08. The Hall–Kier alpha value is -2.40. The van der Waals surface area contributed by atoms with Crippen LogP contribution in [-0.2, 0) is 11.2 Å². The zero-order valence-corrected chi connectivity index (χ0v) is 12.7. The Morgan fingerprint density at radius 1 is 1.36 bits per heavy atom. The summed E-state index contributed by atoms with van der Waals surface area (Å²) < 4.78 is 5.11. The second-order valence-corrected chi connectivity index (χ2v) is 5.08. The molecule has 5 heteroatoms. The highest BCUT2D eigenvalue weighted by Gasteiger charge is 2.11. The van der Waals surface area contributed by atoms with Crippen molar-refractivity contribution < 1.29 is 14.6 Å². The smallest absolute Gasteiger partial charge is 0.224 e. The van der Waals surface area contributed by atoms with Crippen LogP contribution in [0.2, 0.25) is 0 Å². The van der Waals surface area contributed by atoms with Crippen LogP contribution in [0.1, 0.15) is 22.9 Å². The van der Waals surface area contributed by atoms with Crippen molar-refractivity contribution >= 4 is 5.91 Å². The minimum atomic E-state index is -0.768. The van der Waals surface area contributed by atoms with E-state index in [4.69, 9.17) is 4.74 Å². The van der Waals surface area contributed by atoms with Crippen molar-refractivity contribution in [3.05, 3.63) is 59.4 Å². The van der Waals surface area contributed by atoms with E-state index in [9.17, 15) is 9.90 Å². The number of nitrogens with zero attached hydrogens (tertiary/aromatic N) is 1. The van der Waals surface area contributed by atoms with E-state index in [1.807, 2.05) is 19.1 Å². The second kappa shape index (κ2) is 7.56. The molecule has 1 atom stereocenters. The van der Waals surface area contributed by atoms with Crippen molar-refractivity contribution in [1.82, 2.24) is 10.3 Å². The van der Waals surface area contributed by atoms with Gasteiger partial charge in [0, 0.05) is 18.4 Å². The van der Waals surface area contributed by atoms with Crippen LogP contribution in [0, 0.1) is 6.92 Å². The molecule has 1 heterocycles. The first-order chi connectivity index (χ1) is 10.6. The van der Waals surface area contributed by atoms with Gasteiger partial charge in [-0.25, -0.2) is 0 Å². The summed E-state index contributed by atoms with van der Waals surface area (Å²) in [6.45, 7) is 2.06. The number of benzene rings is 1. The monoisotopic (exact) mass is 300 g/mol. The molecule has 22 heavy (non-hydrogen) atoms. The Kier molecular flexibility index (Phi) is 5.49. The van der Waals surface area contributed by atoms with E-state index in [0.717, 1.165) is 11.3 Å². The number of aryl methyl sites for hydroxylation is 1. The van der Waals surface area contributed by atoms with Crippen LogP contribution in [0.4, 0.5) is 0 Å². The zero-order chi connectivity index (χ0) is 15.9. The maximum absolute atomic E-state index is 11.9. The average molecular weight is 300 g/mol. The molecule has 0 fully saturated rings. The van der Waals surface area contributed by atoms with Gasteiger partial charge >= 0.3 is 0 Å². The fourth-order valence-corrected chi connectivity index (χ4v) is 2.03. The van der Waals surface area contributed by atoms with E-state index < -0.39 is 6.10 Å². The van der Waals surface area contributed by atoms with Crippen LogP contribution >= 0.6 is 0 Å². The molecule has 2 aromatic rings. The number of carbonyl (C=O) groups is 1. The number of carbonyl (C=O) groups excluding carboxylic acids is 1. The van der Waals surface area contributed by atoms with Gasteiger partial charge in [0.05, 0.1) is 19.6 Å². The molecule has 0 saturated carbocycles. The van der Waals surface area contributed by atoms with Gasteiger partial charge in [0.15, 0.2) is 0 Å². The number of hydrogen-bond acceptors (Lipinski definition) is 4. The Balaban J connectivity index is 1.86. The summed E-state index contributed by atoms with van der Waals surface area (Å²) in [5.41, 5.74) is 2.47. The number of methoxy groups -OCH3 is 1. The summed E-state index contributed by atoms with van der Waals surface area (Å²) in [5, 5.41) is 12.8. The number of ether oxygens (including phenoxy) is 1. The molecule has 1 aromatic heterocycles. The Bertz CT molecular complexity index is 626. The maximum atomic E-state index is 11.9. The lowest BCUT2D eigenvalue weighted by Gasteiger charge is -2.13. The molecule has 1 unspecified atom stereocenters. The van der Waals surface area contributed by atoms with Crippen LogP contribution in [-0.4, -0.2) is 29.7 Å². The lowest BCUT2D eigenvalue weighted by Crippen LogP contribution is -2.29. The Morgan fingerprint density at radius 3 is 2.86 bits per heavy atom. The molecular formula is C17H20N2O3. The molecule has 2 N–H and O–H groups in total. The van der Waals surface area contributed by atoms with Crippen LogP contribution in [0.15, 0.2) is 42.6 Å². The molecule has 5 nitrogen and oxygen atoms in total. The number of aliphatic hydroxyl groups excluding tert-OH is 1. The molecule has 0 aliphatic rings. The van der Waals surface area contributed by atoms with E-state index in [1.165, 1.54) is 0 Å². The highest BCUT2D eigenvalue weighted by atomic mass is 16.5. The van der Waals surface area contributed by atoms with Gasteiger partial charge in [-0.05, 0) is 36.2 Å². The van der Waals surface area contributed by atoms with Gasteiger partial charge in [-0.2, -0.15) is 0 Å². The van der Waals surface area contributed by atoms with Crippen LogP contribution in [0.25, 0.3) is 0 Å². The van der Waals surface area contributed by atoms with Crippen molar-refractivity contribution in [3.8, 4) is 5.75 Å². The van der Waals surface area contributed by atoms with Gasteiger partial charge in [-0.1, -0.05) is 18.2 Å². The minimum Gasteiger partial charge on any atom is -0.497 e. The quantitative estimate of drug-likeness (QED) is 0.853. The van der Waals surface area contributed by atoms with Gasteiger partial charge < -0.3 is 15.2 Å². The summed E-state index contributed by atoms with van der Waals surface area (Å²) in [4.78, 5) is 16.0. The SMILES string of the molecule is COc1cccc(C(O)CNC(=O)Cc2ccc(C)nc2)c1. The van der Waals surface area contributed by atoms with E-state index in [0.29, 0.717) is 11.3 Å². The maximum Gasteiger partial charge on any atom is 0.224 e. The predicted octanol–water partition coefficient (Wildman–Crippen LogP) is 1.79. The number of nitrogens with one attached hydrogen (secondary N) is 1. The highest BCUT2D eigenvalue weighted by Crippen LogP contribution is 2.18. The van der Waals surface area contributed by atoms with Gasteiger partial charge in [-0.3, -0.25) is 9.78 Å². The number of pyridine rings is 1. The summed E-state index contributed by atoms with van der Waals surface area (Å²) in [7, 11) is 1.57. The largest absolute Gasteiger partial charge is 0.497 e. The van der Waals surface area contributed by atoms with E-state index in [1.54, 1.807) is 37.6 Å². The van der Waals surface area contributed by atoms with E-state index in [2.05, 4.69) is 10.3 Å². The number of aliphatic hydroxyl groups is 1. The number of hydrogen-bond donors (Lipinski definition) is 2. The van der Waals surface area contributed by atoms with E-state index >= 15 is 0 Å². The fourth-order valence-electron chi connectivity index (χ4n) is 2.03. The molecule has 1 aromatic carbocycles.